The van der Waals surface area contributed by atoms with Gasteiger partial charge < -0.3 is 10.0 Å². The van der Waals surface area contributed by atoms with Crippen molar-refractivity contribution in [3.8, 4) is 0 Å². The number of aliphatic hydroxyl groups excluding tert-OH is 1. The lowest BCUT2D eigenvalue weighted by atomic mass is 10.3. The molecular weight excluding hydrogens is 232 g/mol. The van der Waals surface area contributed by atoms with Gasteiger partial charge in [0, 0.05) is 25.4 Å². The molecule has 0 bridgehead atoms. The Morgan fingerprint density at radius 2 is 2.33 bits per heavy atom. The highest BCUT2D eigenvalue weighted by molar-refractivity contribution is 5.88. The third kappa shape index (κ3) is 3.66. The molecule has 0 aliphatic heterocycles. The first-order valence-corrected chi connectivity index (χ1v) is 6.27. The van der Waals surface area contributed by atoms with Crippen LogP contribution >= 0.6 is 0 Å². The van der Waals surface area contributed by atoms with E-state index in [1.165, 1.54) is 0 Å². The number of aliphatic hydroxyl groups is 1. The Hall–Kier alpha value is -1.69. The number of aromatic nitrogens is 2. The molecule has 0 unspecified atom stereocenters. The third-order valence-corrected chi connectivity index (χ3v) is 2.86. The highest BCUT2D eigenvalue weighted by Crippen LogP contribution is 2.27. The average molecular weight is 250 g/mol. The molecule has 0 radical (unpaired) electrons. The maximum Gasteiger partial charge on any atom is 0.323 e. The molecule has 2 N–H and O–H groups in total. The summed E-state index contributed by atoms with van der Waals surface area (Å²) in [5.74, 6) is 0.468. The first kappa shape index (κ1) is 12.8. The maximum atomic E-state index is 12.1. The van der Waals surface area contributed by atoms with Crippen molar-refractivity contribution in [1.29, 1.82) is 0 Å². The number of rotatable bonds is 6. The zero-order valence-electron chi connectivity index (χ0n) is 10.2. The molecule has 1 aliphatic rings. The molecule has 1 fully saturated rings. The lowest BCUT2D eigenvalue weighted by molar-refractivity contribution is 0.204. The lowest BCUT2D eigenvalue weighted by Crippen LogP contribution is -2.37. The topological polar surface area (TPSA) is 78.4 Å². The summed E-state index contributed by atoms with van der Waals surface area (Å²) in [4.78, 5) is 13.9. The summed E-state index contributed by atoms with van der Waals surface area (Å²) in [7, 11) is 0. The summed E-state index contributed by atoms with van der Waals surface area (Å²) in [6.45, 7) is 0.849. The summed E-state index contributed by atoms with van der Waals surface area (Å²) in [6, 6.07) is 3.66. The summed E-state index contributed by atoms with van der Waals surface area (Å²) in [5, 5.41) is 19.1. The number of carbonyl (C=O) groups excluding carboxylic acids is 1. The van der Waals surface area contributed by atoms with Crippen LogP contribution in [0.25, 0.3) is 0 Å². The highest BCUT2D eigenvalue weighted by Gasteiger charge is 2.32. The standard InChI is InChI=1S/C12H18N4O2/c17-9-2-1-8-16(10-5-6-10)12(18)14-11-4-3-7-13-15-11/h3-4,7,10,17H,1-2,5-6,8-9H2,(H,14,15,18). The third-order valence-electron chi connectivity index (χ3n) is 2.86. The number of hydrogen-bond acceptors (Lipinski definition) is 4. The van der Waals surface area contributed by atoms with Crippen LogP contribution < -0.4 is 5.32 Å². The SMILES string of the molecule is O=C(Nc1cccnn1)N(CCCCO)C1CC1. The summed E-state index contributed by atoms with van der Waals surface area (Å²) in [6.07, 6.45) is 5.23. The second-order valence-electron chi connectivity index (χ2n) is 4.39. The van der Waals surface area contributed by atoms with E-state index in [0.717, 1.165) is 25.7 Å². The Balaban J connectivity index is 1.87. The van der Waals surface area contributed by atoms with Gasteiger partial charge >= 0.3 is 6.03 Å². The Kier molecular flexibility index (Phi) is 4.46. The second-order valence-corrected chi connectivity index (χ2v) is 4.39. The van der Waals surface area contributed by atoms with E-state index in [9.17, 15) is 4.79 Å². The second kappa shape index (κ2) is 6.30. The molecule has 6 nitrogen and oxygen atoms in total. The Morgan fingerprint density at radius 1 is 1.50 bits per heavy atom. The average Bonchev–Trinajstić information content (AvgIpc) is 3.20. The molecule has 1 aromatic rings. The quantitative estimate of drug-likeness (QED) is 0.745. The molecule has 0 atom stereocenters. The van der Waals surface area contributed by atoms with Crippen LogP contribution in [0.15, 0.2) is 18.3 Å². The summed E-state index contributed by atoms with van der Waals surface area (Å²) >= 11 is 0. The number of hydrogen-bond donors (Lipinski definition) is 2. The number of unbranched alkanes of at least 4 members (excludes halogenated alkanes) is 1. The van der Waals surface area contributed by atoms with Gasteiger partial charge in [0.2, 0.25) is 0 Å². The van der Waals surface area contributed by atoms with Crippen molar-refractivity contribution in [1.82, 2.24) is 15.1 Å². The summed E-state index contributed by atoms with van der Waals surface area (Å²) in [5.41, 5.74) is 0. The van der Waals surface area contributed by atoms with Crippen molar-refractivity contribution in [3.05, 3.63) is 18.3 Å². The minimum absolute atomic E-state index is 0.129. The Labute approximate surface area is 106 Å². The number of nitrogens with one attached hydrogen (secondary N) is 1. The van der Waals surface area contributed by atoms with Crippen LogP contribution in [-0.4, -0.2) is 45.4 Å². The van der Waals surface area contributed by atoms with E-state index < -0.39 is 0 Å². The van der Waals surface area contributed by atoms with Crippen LogP contribution in [0.5, 0.6) is 0 Å². The smallest absolute Gasteiger partial charge is 0.323 e. The van der Waals surface area contributed by atoms with E-state index in [1.54, 1.807) is 18.3 Å². The van der Waals surface area contributed by atoms with Crippen LogP contribution in [-0.2, 0) is 0 Å². The van der Waals surface area contributed by atoms with Gasteiger partial charge in [0.05, 0.1) is 0 Å². The van der Waals surface area contributed by atoms with Gasteiger partial charge in [0.15, 0.2) is 5.82 Å². The van der Waals surface area contributed by atoms with Crippen LogP contribution in [0.3, 0.4) is 0 Å². The monoisotopic (exact) mass is 250 g/mol. The molecule has 0 saturated heterocycles. The molecule has 0 aromatic carbocycles. The van der Waals surface area contributed by atoms with E-state index >= 15 is 0 Å². The van der Waals surface area contributed by atoms with Crippen LogP contribution in [0, 0.1) is 0 Å². The van der Waals surface area contributed by atoms with Crippen LogP contribution in [0.1, 0.15) is 25.7 Å². The van der Waals surface area contributed by atoms with Crippen molar-refractivity contribution >= 4 is 11.8 Å². The predicted octanol–water partition coefficient (Wildman–Crippen LogP) is 1.25. The fourth-order valence-corrected chi connectivity index (χ4v) is 1.78. The minimum atomic E-state index is -0.129. The predicted molar refractivity (Wildman–Crippen MR) is 67.1 cm³/mol. The van der Waals surface area contributed by atoms with Gasteiger partial charge in [-0.25, -0.2) is 4.79 Å². The molecule has 18 heavy (non-hydrogen) atoms. The molecular formula is C12H18N4O2. The number of nitrogens with zero attached hydrogens (tertiary/aromatic N) is 3. The first-order valence-electron chi connectivity index (χ1n) is 6.27. The molecule has 1 aliphatic carbocycles. The highest BCUT2D eigenvalue weighted by atomic mass is 16.3. The van der Waals surface area contributed by atoms with Gasteiger partial charge in [-0.15, -0.1) is 5.10 Å². The van der Waals surface area contributed by atoms with Crippen molar-refractivity contribution in [2.24, 2.45) is 0 Å². The van der Waals surface area contributed by atoms with Crippen molar-refractivity contribution in [2.45, 2.75) is 31.7 Å². The van der Waals surface area contributed by atoms with Gasteiger partial charge in [0.1, 0.15) is 0 Å². The van der Waals surface area contributed by atoms with Crippen molar-refractivity contribution in [3.63, 3.8) is 0 Å². The van der Waals surface area contributed by atoms with Gasteiger partial charge in [-0.2, -0.15) is 5.10 Å². The van der Waals surface area contributed by atoms with Gasteiger partial charge in [0.25, 0.3) is 0 Å². The van der Waals surface area contributed by atoms with Crippen LogP contribution in [0.4, 0.5) is 10.6 Å². The molecule has 98 valence electrons. The van der Waals surface area contributed by atoms with Crippen molar-refractivity contribution < 1.29 is 9.90 Å². The Bertz CT molecular complexity index is 381. The Morgan fingerprint density at radius 3 is 2.94 bits per heavy atom. The van der Waals surface area contributed by atoms with Crippen LogP contribution in [0.2, 0.25) is 0 Å². The molecule has 1 saturated carbocycles. The normalized spacial score (nSPS) is 14.3. The molecule has 2 rings (SSSR count). The number of amides is 2. The zero-order chi connectivity index (χ0) is 12.8. The number of urea groups is 1. The minimum Gasteiger partial charge on any atom is -0.396 e. The first-order chi connectivity index (χ1) is 8.81. The van der Waals surface area contributed by atoms with E-state index in [1.807, 2.05) is 4.90 Å². The maximum absolute atomic E-state index is 12.1. The molecule has 0 spiro atoms. The van der Waals surface area contributed by atoms with Crippen molar-refractivity contribution in [2.75, 3.05) is 18.5 Å². The zero-order valence-corrected chi connectivity index (χ0v) is 10.2. The molecule has 6 heteroatoms. The fraction of sp³-hybridized carbons (Fsp3) is 0.583. The summed E-state index contributed by atoms with van der Waals surface area (Å²) < 4.78 is 0. The van der Waals surface area contributed by atoms with Gasteiger partial charge in [-0.3, -0.25) is 5.32 Å². The largest absolute Gasteiger partial charge is 0.396 e. The fourth-order valence-electron chi connectivity index (χ4n) is 1.78. The van der Waals surface area contributed by atoms with E-state index in [4.69, 9.17) is 5.11 Å². The molecule has 2 amide bonds. The molecule has 1 aromatic heterocycles. The van der Waals surface area contributed by atoms with E-state index in [-0.39, 0.29) is 12.6 Å². The molecule has 1 heterocycles. The lowest BCUT2D eigenvalue weighted by Gasteiger charge is -2.22. The van der Waals surface area contributed by atoms with E-state index in [2.05, 4.69) is 15.5 Å². The van der Waals surface area contributed by atoms with E-state index in [0.29, 0.717) is 18.4 Å². The number of anilines is 1. The van der Waals surface area contributed by atoms with Gasteiger partial charge in [-0.1, -0.05) is 0 Å². The van der Waals surface area contributed by atoms with Gasteiger partial charge in [-0.05, 0) is 37.8 Å². The number of carbonyl (C=O) groups is 1.